The summed E-state index contributed by atoms with van der Waals surface area (Å²) in [5, 5.41) is 111. The quantitative estimate of drug-likeness (QED) is 0.107. The number of hydrogen-bond acceptors (Lipinski definition) is 15. The maximum Gasteiger partial charge on any atom is 0.402 e. The molecule has 5 rings (SSSR count). The lowest BCUT2D eigenvalue weighted by Crippen LogP contribution is -3.00. The number of fused-ring (bicyclic) bond motifs is 1. The molecule has 10 atom stereocenters. The van der Waals surface area contributed by atoms with E-state index in [4.69, 9.17) is 23.4 Å². The maximum absolute atomic E-state index is 10.8. The van der Waals surface area contributed by atoms with E-state index in [2.05, 4.69) is 0 Å². The molecule has 17 heteroatoms. The molecule has 0 spiro atoms. The van der Waals surface area contributed by atoms with Gasteiger partial charge in [-0.1, -0.05) is 0 Å². The smallest absolute Gasteiger partial charge is 0.402 e. The van der Waals surface area contributed by atoms with Gasteiger partial charge in [0.25, 0.3) is 0 Å². The summed E-state index contributed by atoms with van der Waals surface area (Å²) in [6, 6.07) is 7.20. The molecule has 1 aromatic heterocycles. The lowest BCUT2D eigenvalue weighted by molar-refractivity contribution is -0.277. The molecule has 0 amide bonds. The number of aliphatic hydroxyl groups excluding tert-OH is 8. The number of rotatable bonds is 7. The highest BCUT2D eigenvalue weighted by Gasteiger charge is 2.46. The minimum Gasteiger partial charge on any atom is -1.00 e. The van der Waals surface area contributed by atoms with Crippen molar-refractivity contribution in [3.63, 3.8) is 0 Å². The standard InChI is InChI=1S/C27H30O16.ClH/c28-7-17-19(33)21(35)23(37)26(42-17)40-14-2-1-9(3-13(14)32)25-16(6-11-12(31)4-10(30)5-15(11)39-25)41-27-24(38)22(36)20(34)18(8-29)43-27;/h1-6,17-24,26-29,33-38H,7-8H2,(H2-,30,31,32);1H/t17-,18-,19-,20-,21+,22+,23-,24-,26?,27?;/m1./s1. The topological polar surface area (TPSA) is 271 Å². The van der Waals surface area contributed by atoms with Gasteiger partial charge in [0.2, 0.25) is 18.3 Å². The van der Waals surface area contributed by atoms with E-state index in [-0.39, 0.29) is 51.9 Å². The molecule has 0 saturated carbocycles. The van der Waals surface area contributed by atoms with Crippen LogP contribution in [0.2, 0.25) is 0 Å². The number of aliphatic hydroxyl groups is 8. The third-order valence-corrected chi connectivity index (χ3v) is 7.22. The van der Waals surface area contributed by atoms with E-state index in [1.807, 2.05) is 0 Å². The highest BCUT2D eigenvalue weighted by molar-refractivity contribution is 5.88. The highest BCUT2D eigenvalue weighted by atomic mass is 35.5. The van der Waals surface area contributed by atoms with Gasteiger partial charge < -0.3 is 87.5 Å². The van der Waals surface area contributed by atoms with Crippen LogP contribution >= 0.6 is 0 Å². The van der Waals surface area contributed by atoms with Crippen LogP contribution in [0.3, 0.4) is 0 Å². The largest absolute Gasteiger partial charge is 1.00 e. The number of aromatic hydroxyl groups is 3. The summed E-state index contributed by atoms with van der Waals surface area (Å²) >= 11 is 0. The first-order valence-corrected chi connectivity index (χ1v) is 13.0. The number of ether oxygens (including phenoxy) is 4. The fourth-order valence-electron chi connectivity index (χ4n) is 4.81. The van der Waals surface area contributed by atoms with Crippen molar-refractivity contribution in [2.75, 3.05) is 13.2 Å². The Morgan fingerprint density at radius 2 is 1.18 bits per heavy atom. The summed E-state index contributed by atoms with van der Waals surface area (Å²) in [5.74, 6) is -1.89. The highest BCUT2D eigenvalue weighted by Crippen LogP contribution is 2.42. The van der Waals surface area contributed by atoms with Crippen molar-refractivity contribution in [1.82, 2.24) is 0 Å². The Morgan fingerprint density at radius 1 is 0.636 bits per heavy atom. The first-order chi connectivity index (χ1) is 20.4. The third kappa shape index (κ3) is 6.28. The van der Waals surface area contributed by atoms with Crippen LogP contribution in [-0.4, -0.2) is 131 Å². The van der Waals surface area contributed by atoms with E-state index in [9.17, 15) is 56.2 Å². The second-order valence-corrected chi connectivity index (χ2v) is 10.1. The molecule has 2 aliphatic rings. The van der Waals surface area contributed by atoms with Crippen molar-refractivity contribution in [3.8, 4) is 40.1 Å². The molecular weight excluding hydrogens is 616 g/mol. The average Bonchev–Trinajstić information content (AvgIpc) is 2.98. The van der Waals surface area contributed by atoms with Gasteiger partial charge >= 0.3 is 11.3 Å². The van der Waals surface area contributed by atoms with Crippen LogP contribution in [0, 0.1) is 0 Å². The third-order valence-electron chi connectivity index (χ3n) is 7.22. The number of benzene rings is 2. The van der Waals surface area contributed by atoms with E-state index in [0.717, 1.165) is 12.1 Å². The summed E-state index contributed by atoms with van der Waals surface area (Å²) in [6.07, 6.45) is -16.1. The van der Waals surface area contributed by atoms with Crippen LogP contribution in [0.5, 0.6) is 28.7 Å². The van der Waals surface area contributed by atoms with Crippen molar-refractivity contribution in [2.24, 2.45) is 0 Å². The molecule has 2 saturated heterocycles. The van der Waals surface area contributed by atoms with Crippen molar-refractivity contribution in [3.05, 3.63) is 36.4 Å². The Balaban J connectivity index is 0.00000442. The van der Waals surface area contributed by atoms with E-state index in [0.29, 0.717) is 0 Å². The second-order valence-electron chi connectivity index (χ2n) is 10.1. The minimum atomic E-state index is -1.79. The number of phenols is 3. The SMILES string of the molecule is OC[C@H]1OC(Oc2ccc(-c3[o+]c4cc(O)cc(O)c4cc3OC3O[C@H](CO)[C@@H](O)[C@H](O)[C@H]3O)cc2O)[C@H](O)[C@@H](O)[C@@H]1O.[Cl-]. The first-order valence-electron chi connectivity index (χ1n) is 13.0. The zero-order chi connectivity index (χ0) is 31.2. The lowest BCUT2D eigenvalue weighted by atomic mass is 9.99. The molecule has 0 aliphatic carbocycles. The van der Waals surface area contributed by atoms with Crippen LogP contribution in [0.15, 0.2) is 40.8 Å². The lowest BCUT2D eigenvalue weighted by Gasteiger charge is -2.39. The molecule has 2 aromatic carbocycles. The van der Waals surface area contributed by atoms with Gasteiger partial charge in [0, 0.05) is 18.2 Å². The molecule has 11 N–H and O–H groups in total. The molecule has 0 bridgehead atoms. The summed E-state index contributed by atoms with van der Waals surface area (Å²) in [7, 11) is 0. The van der Waals surface area contributed by atoms with Gasteiger partial charge in [0.05, 0.1) is 24.8 Å². The summed E-state index contributed by atoms with van der Waals surface area (Å²) < 4.78 is 27.9. The molecule has 0 radical (unpaired) electrons. The van der Waals surface area contributed by atoms with Crippen LogP contribution in [0.25, 0.3) is 22.3 Å². The van der Waals surface area contributed by atoms with Gasteiger partial charge in [0.1, 0.15) is 65.7 Å². The fraction of sp³-hybridized carbons (Fsp3) is 0.444. The molecule has 2 aliphatic heterocycles. The van der Waals surface area contributed by atoms with Gasteiger partial charge in [-0.05, 0) is 12.1 Å². The van der Waals surface area contributed by atoms with Crippen LogP contribution in [0.1, 0.15) is 0 Å². The predicted molar refractivity (Wildman–Crippen MR) is 140 cm³/mol. The van der Waals surface area contributed by atoms with Crippen LogP contribution in [0.4, 0.5) is 0 Å². The molecule has 44 heavy (non-hydrogen) atoms. The Hall–Kier alpha value is -3.26. The zero-order valence-corrected chi connectivity index (χ0v) is 23.2. The monoisotopic (exact) mass is 646 g/mol. The van der Waals surface area contributed by atoms with Gasteiger partial charge in [0.15, 0.2) is 11.5 Å². The van der Waals surface area contributed by atoms with Crippen molar-refractivity contribution >= 4 is 11.0 Å². The molecule has 2 fully saturated rings. The van der Waals surface area contributed by atoms with E-state index in [1.165, 1.54) is 24.3 Å². The average molecular weight is 647 g/mol. The first kappa shape index (κ1) is 33.6. The summed E-state index contributed by atoms with van der Waals surface area (Å²) in [5.41, 5.74) is 0.0674. The molecule has 3 heterocycles. The Morgan fingerprint density at radius 3 is 1.70 bits per heavy atom. The van der Waals surface area contributed by atoms with Gasteiger partial charge in [-0.15, -0.1) is 0 Å². The normalized spacial score (nSPS) is 32.2. The second kappa shape index (κ2) is 13.4. The van der Waals surface area contributed by atoms with Crippen molar-refractivity contribution in [1.29, 1.82) is 0 Å². The molecule has 2 unspecified atom stereocenters. The summed E-state index contributed by atoms with van der Waals surface area (Å²) in [6.45, 7) is -1.41. The number of halogens is 1. The number of hydrogen-bond donors (Lipinski definition) is 11. The maximum atomic E-state index is 10.8. The van der Waals surface area contributed by atoms with Crippen LogP contribution < -0.4 is 21.9 Å². The Bertz CT molecular complexity index is 1450. The van der Waals surface area contributed by atoms with Crippen LogP contribution in [-0.2, 0) is 9.47 Å². The summed E-state index contributed by atoms with van der Waals surface area (Å²) in [4.78, 5) is 0. The van der Waals surface area contributed by atoms with Gasteiger partial charge in [-0.3, -0.25) is 0 Å². The molecule has 242 valence electrons. The fourth-order valence-corrected chi connectivity index (χ4v) is 4.81. The van der Waals surface area contributed by atoms with E-state index in [1.54, 1.807) is 0 Å². The number of phenolic OH excluding ortho intramolecular Hbond substituents is 3. The molecule has 16 nitrogen and oxygen atoms in total. The van der Waals surface area contributed by atoms with Gasteiger partial charge in [-0.25, -0.2) is 4.42 Å². The molecular formula is C27H31ClO16. The van der Waals surface area contributed by atoms with Crippen molar-refractivity contribution < 1.29 is 91.9 Å². The zero-order valence-electron chi connectivity index (χ0n) is 22.5. The van der Waals surface area contributed by atoms with Crippen molar-refractivity contribution in [2.45, 2.75) is 61.4 Å². The minimum absolute atomic E-state index is 0. The molecule has 3 aromatic rings. The Labute approximate surface area is 254 Å². The van der Waals surface area contributed by atoms with Gasteiger partial charge in [-0.2, -0.15) is 0 Å². The predicted octanol–water partition coefficient (Wildman–Crippen LogP) is -5.14. The Kier molecular flexibility index (Phi) is 10.2. The van der Waals surface area contributed by atoms with E-state index >= 15 is 0 Å². The van der Waals surface area contributed by atoms with E-state index < -0.39 is 86.1 Å².